The zero-order valence-corrected chi connectivity index (χ0v) is 13.6. The molecule has 1 saturated heterocycles. The zero-order valence-electron chi connectivity index (χ0n) is 11.3. The largest absolute Gasteiger partial charge is 0.306 e. The Kier molecular flexibility index (Phi) is 4.92. The van der Waals surface area contributed by atoms with Crippen molar-refractivity contribution < 1.29 is 8.42 Å². The van der Waals surface area contributed by atoms with Crippen molar-refractivity contribution in [3.8, 4) is 0 Å². The molecule has 1 aromatic rings. The van der Waals surface area contributed by atoms with E-state index in [1.807, 2.05) is 14.0 Å². The molecule has 20 heavy (non-hydrogen) atoms. The van der Waals surface area contributed by atoms with Gasteiger partial charge in [0.25, 0.3) is 0 Å². The van der Waals surface area contributed by atoms with Crippen LogP contribution in [0.4, 0.5) is 0 Å². The van der Waals surface area contributed by atoms with Gasteiger partial charge in [0.1, 0.15) is 10.0 Å². The Morgan fingerprint density at radius 3 is 2.75 bits per heavy atom. The monoisotopic (exact) mass is 337 g/mol. The van der Waals surface area contributed by atoms with Crippen molar-refractivity contribution in [3.05, 3.63) is 22.4 Å². The minimum Gasteiger partial charge on any atom is -0.306 e. The van der Waals surface area contributed by atoms with Gasteiger partial charge in [-0.2, -0.15) is 0 Å². The van der Waals surface area contributed by atoms with Crippen molar-refractivity contribution in [1.29, 1.82) is 0 Å². The molecule has 1 fully saturated rings. The summed E-state index contributed by atoms with van der Waals surface area (Å²) in [4.78, 5) is 6.01. The highest BCUT2D eigenvalue weighted by Crippen LogP contribution is 2.23. The molecule has 2 unspecified atom stereocenters. The molecule has 1 aliphatic rings. The number of nitrogens with one attached hydrogen (secondary N) is 1. The van der Waals surface area contributed by atoms with E-state index in [1.165, 1.54) is 12.3 Å². The van der Waals surface area contributed by atoms with Crippen molar-refractivity contribution >= 4 is 33.2 Å². The first kappa shape index (κ1) is 16.0. The van der Waals surface area contributed by atoms with Crippen LogP contribution in [0.25, 0.3) is 0 Å². The molecule has 112 valence electrons. The van der Waals surface area contributed by atoms with Crippen LogP contribution in [0.15, 0.2) is 17.2 Å². The summed E-state index contributed by atoms with van der Waals surface area (Å²) in [5.74, 6) is 0.249. The maximum absolute atomic E-state index is 12.3. The fraction of sp³-hybridized carbons (Fsp3) is 0.583. The fourth-order valence-electron chi connectivity index (χ4n) is 2.35. The molecule has 0 amide bonds. The summed E-state index contributed by atoms with van der Waals surface area (Å²) in [5, 5.41) is 0.226. The summed E-state index contributed by atoms with van der Waals surface area (Å²) >= 11 is 11.5. The smallest absolute Gasteiger partial charge is 0.242 e. The van der Waals surface area contributed by atoms with E-state index in [1.54, 1.807) is 0 Å². The molecule has 2 heterocycles. The second-order valence-corrected chi connectivity index (χ2v) is 7.68. The average molecular weight is 338 g/mol. The van der Waals surface area contributed by atoms with Crippen molar-refractivity contribution in [2.45, 2.75) is 24.3 Å². The lowest BCUT2D eigenvalue weighted by Gasteiger charge is -2.34. The lowest BCUT2D eigenvalue weighted by atomic mass is 9.95. The van der Waals surface area contributed by atoms with Crippen LogP contribution in [0.3, 0.4) is 0 Å². The number of hydrogen-bond acceptors (Lipinski definition) is 4. The van der Waals surface area contributed by atoms with Crippen LogP contribution < -0.4 is 4.72 Å². The van der Waals surface area contributed by atoms with Crippen molar-refractivity contribution in [2.24, 2.45) is 5.92 Å². The Labute approximate surface area is 129 Å². The normalized spacial score (nSPS) is 24.8. The van der Waals surface area contributed by atoms with Gasteiger partial charge in [-0.3, -0.25) is 0 Å². The van der Waals surface area contributed by atoms with Gasteiger partial charge in [0, 0.05) is 18.8 Å². The molecular formula is C12H17Cl2N3O2S. The van der Waals surface area contributed by atoms with Crippen molar-refractivity contribution in [2.75, 3.05) is 20.1 Å². The maximum Gasteiger partial charge on any atom is 0.242 e. The third-order valence-corrected chi connectivity index (χ3v) is 5.64. The van der Waals surface area contributed by atoms with Crippen LogP contribution in [0.1, 0.15) is 13.3 Å². The van der Waals surface area contributed by atoms with E-state index in [4.69, 9.17) is 23.2 Å². The molecule has 5 nitrogen and oxygen atoms in total. The SMILES string of the molecule is CC1CN(C)CCC1NS(=O)(=O)c1cnc(Cl)c(Cl)c1. The summed E-state index contributed by atoms with van der Waals surface area (Å²) in [5.41, 5.74) is 0. The van der Waals surface area contributed by atoms with Gasteiger partial charge in [0.2, 0.25) is 10.0 Å². The number of pyridine rings is 1. The van der Waals surface area contributed by atoms with E-state index < -0.39 is 10.0 Å². The number of rotatable bonds is 3. The second-order valence-electron chi connectivity index (χ2n) is 5.20. The number of halogens is 2. The van der Waals surface area contributed by atoms with Gasteiger partial charge in [0.15, 0.2) is 0 Å². The molecule has 0 radical (unpaired) electrons. The van der Waals surface area contributed by atoms with Crippen LogP contribution in [0.5, 0.6) is 0 Å². The first-order chi connectivity index (χ1) is 9.29. The van der Waals surface area contributed by atoms with Gasteiger partial charge >= 0.3 is 0 Å². The summed E-state index contributed by atoms with van der Waals surface area (Å²) in [7, 11) is -1.59. The number of hydrogen-bond donors (Lipinski definition) is 1. The molecule has 2 atom stereocenters. The summed E-state index contributed by atoms with van der Waals surface area (Å²) in [6.07, 6.45) is 2.00. The Balaban J connectivity index is 2.16. The van der Waals surface area contributed by atoms with Gasteiger partial charge in [-0.25, -0.2) is 18.1 Å². The highest BCUT2D eigenvalue weighted by atomic mass is 35.5. The van der Waals surface area contributed by atoms with Gasteiger partial charge in [0.05, 0.1) is 5.02 Å². The van der Waals surface area contributed by atoms with E-state index in [0.29, 0.717) is 0 Å². The van der Waals surface area contributed by atoms with E-state index in [9.17, 15) is 8.42 Å². The maximum atomic E-state index is 12.3. The minimum atomic E-state index is -3.62. The van der Waals surface area contributed by atoms with Crippen LogP contribution in [0, 0.1) is 5.92 Å². The highest BCUT2D eigenvalue weighted by molar-refractivity contribution is 7.89. The Morgan fingerprint density at radius 2 is 2.15 bits per heavy atom. The Hall–Kier alpha value is -0.400. The standard InChI is InChI=1S/C12H17Cl2N3O2S/c1-8-7-17(2)4-3-11(8)16-20(18,19)9-5-10(13)12(14)15-6-9/h5-6,8,11,16H,3-4,7H2,1-2H3. The first-order valence-corrected chi connectivity index (χ1v) is 8.55. The number of likely N-dealkylation sites (tertiary alicyclic amines) is 1. The molecule has 0 bridgehead atoms. The molecule has 0 aliphatic carbocycles. The first-order valence-electron chi connectivity index (χ1n) is 6.31. The predicted octanol–water partition coefficient (Wildman–Crippen LogP) is 2.01. The van der Waals surface area contributed by atoms with Crippen LogP contribution >= 0.6 is 23.2 Å². The van der Waals surface area contributed by atoms with Gasteiger partial charge in [-0.15, -0.1) is 0 Å². The fourth-order valence-corrected chi connectivity index (χ4v) is 4.03. The van der Waals surface area contributed by atoms with E-state index in [-0.39, 0.29) is 27.0 Å². The quantitative estimate of drug-likeness (QED) is 0.857. The molecule has 1 N–H and O–H groups in total. The Bertz CT molecular complexity index is 594. The van der Waals surface area contributed by atoms with Crippen LogP contribution in [0.2, 0.25) is 10.2 Å². The van der Waals surface area contributed by atoms with Crippen LogP contribution in [-0.4, -0.2) is 44.5 Å². The van der Waals surface area contributed by atoms with Crippen LogP contribution in [-0.2, 0) is 10.0 Å². The zero-order chi connectivity index (χ0) is 14.9. The number of piperidine rings is 1. The minimum absolute atomic E-state index is 0.0398. The number of nitrogens with zero attached hydrogens (tertiary/aromatic N) is 2. The molecule has 0 aromatic carbocycles. The van der Waals surface area contributed by atoms with Gasteiger partial charge < -0.3 is 4.90 Å². The summed E-state index contributed by atoms with van der Waals surface area (Å²) < 4.78 is 27.4. The molecule has 0 saturated carbocycles. The second kappa shape index (κ2) is 6.15. The van der Waals surface area contributed by atoms with E-state index in [2.05, 4.69) is 14.6 Å². The summed E-state index contributed by atoms with van der Waals surface area (Å²) in [6, 6.07) is 1.24. The molecule has 0 spiro atoms. The topological polar surface area (TPSA) is 62.3 Å². The summed E-state index contributed by atoms with van der Waals surface area (Å²) in [6.45, 7) is 3.78. The lowest BCUT2D eigenvalue weighted by molar-refractivity contribution is 0.188. The molecule has 2 rings (SSSR count). The third-order valence-electron chi connectivity index (χ3n) is 3.50. The van der Waals surface area contributed by atoms with Crippen molar-refractivity contribution in [1.82, 2.24) is 14.6 Å². The lowest BCUT2D eigenvalue weighted by Crippen LogP contribution is -2.48. The molecule has 8 heteroatoms. The third kappa shape index (κ3) is 3.62. The van der Waals surface area contributed by atoms with Gasteiger partial charge in [-0.05, 0) is 32.0 Å². The predicted molar refractivity (Wildman–Crippen MR) is 79.6 cm³/mol. The molecular weight excluding hydrogens is 321 g/mol. The van der Waals surface area contributed by atoms with Gasteiger partial charge in [-0.1, -0.05) is 30.1 Å². The van der Waals surface area contributed by atoms with E-state index in [0.717, 1.165) is 19.5 Å². The average Bonchev–Trinajstić information content (AvgIpc) is 2.36. The Morgan fingerprint density at radius 1 is 1.45 bits per heavy atom. The number of aromatic nitrogens is 1. The molecule has 1 aromatic heterocycles. The highest BCUT2D eigenvalue weighted by Gasteiger charge is 2.29. The van der Waals surface area contributed by atoms with E-state index >= 15 is 0 Å². The molecule has 1 aliphatic heterocycles. The number of sulfonamides is 1. The van der Waals surface area contributed by atoms with Crippen molar-refractivity contribution in [3.63, 3.8) is 0 Å².